The maximum Gasteiger partial charge on any atom is 0.511 e. The highest BCUT2D eigenvalue weighted by Crippen LogP contribution is 2.08. The molecule has 0 heterocycles. The van der Waals surface area contributed by atoms with Crippen molar-refractivity contribution in [1.82, 2.24) is 0 Å². The standard InChI is InChI=1S/C13H14O6.C8H6O3.C5H9ClO3/c1-9(2)19-13(16)18-8-17-12(15)11-6-4-3-5-10(11)7-14;9-5-6-3-1-2-4-7(6)8(10)11;1-4(2)9-5(7)8-3-6/h3-7,9H,8H2,1-2H3;1-5H,(H,10,11);4H,3H2,1-2H3. The Kier molecular flexibility index (Phi) is 17.4. The van der Waals surface area contributed by atoms with Gasteiger partial charge in [0.15, 0.2) is 18.6 Å². The second-order valence-electron chi connectivity index (χ2n) is 7.50. The molecule has 0 saturated carbocycles. The maximum atomic E-state index is 11.6. The Morgan fingerprint density at radius 2 is 1.18 bits per heavy atom. The lowest BCUT2D eigenvalue weighted by atomic mass is 10.1. The number of carbonyl (C=O) groups is 6. The van der Waals surface area contributed by atoms with Crippen LogP contribution in [0.1, 0.15) is 69.1 Å². The molecule has 12 nitrogen and oxygen atoms in total. The molecular weight excluding hydrogens is 540 g/mol. The van der Waals surface area contributed by atoms with E-state index in [0.29, 0.717) is 12.6 Å². The average molecular weight is 569 g/mol. The lowest BCUT2D eigenvalue weighted by molar-refractivity contribution is -0.0345. The number of hydrogen-bond donors (Lipinski definition) is 1. The van der Waals surface area contributed by atoms with E-state index < -0.39 is 31.0 Å². The number of carboxylic acid groups (broad SMARTS) is 1. The Bertz CT molecular complexity index is 1100. The minimum absolute atomic E-state index is 0.0440. The van der Waals surface area contributed by atoms with Gasteiger partial charge in [-0.3, -0.25) is 9.59 Å². The van der Waals surface area contributed by atoms with Crippen LogP contribution in [-0.4, -0.2) is 67.0 Å². The molecule has 2 aromatic rings. The van der Waals surface area contributed by atoms with Crippen LogP contribution in [0, 0.1) is 0 Å². The fourth-order valence-corrected chi connectivity index (χ4v) is 2.38. The van der Waals surface area contributed by atoms with Crippen molar-refractivity contribution in [3.8, 4) is 0 Å². The van der Waals surface area contributed by atoms with Gasteiger partial charge in [0.2, 0.25) is 6.79 Å². The zero-order valence-electron chi connectivity index (χ0n) is 21.7. The average Bonchev–Trinajstić information content (AvgIpc) is 2.88. The van der Waals surface area contributed by atoms with Gasteiger partial charge in [-0.1, -0.05) is 48.0 Å². The molecule has 0 spiro atoms. The molecule has 0 aliphatic carbocycles. The van der Waals surface area contributed by atoms with Crippen molar-refractivity contribution in [1.29, 1.82) is 0 Å². The molecule has 0 fully saturated rings. The molecule has 39 heavy (non-hydrogen) atoms. The number of aromatic carboxylic acids is 1. The van der Waals surface area contributed by atoms with Gasteiger partial charge < -0.3 is 28.8 Å². The first-order valence-corrected chi connectivity index (χ1v) is 11.7. The van der Waals surface area contributed by atoms with Gasteiger partial charge in [-0.25, -0.2) is 19.2 Å². The third-order valence-corrected chi connectivity index (χ3v) is 3.94. The molecule has 0 radical (unpaired) electrons. The van der Waals surface area contributed by atoms with Crippen molar-refractivity contribution in [2.24, 2.45) is 0 Å². The van der Waals surface area contributed by atoms with E-state index in [1.807, 2.05) is 0 Å². The molecule has 212 valence electrons. The minimum atomic E-state index is -1.08. The third kappa shape index (κ3) is 15.4. The number of carbonyl (C=O) groups excluding carboxylic acids is 5. The van der Waals surface area contributed by atoms with Gasteiger partial charge in [-0.15, -0.1) is 0 Å². The summed E-state index contributed by atoms with van der Waals surface area (Å²) in [6, 6.07) is 12.0. The van der Waals surface area contributed by atoms with Crippen LogP contribution in [0.25, 0.3) is 0 Å². The fraction of sp³-hybridized carbons (Fsp3) is 0.308. The highest BCUT2D eigenvalue weighted by atomic mass is 35.5. The quantitative estimate of drug-likeness (QED) is 0.139. The van der Waals surface area contributed by atoms with Gasteiger partial charge in [-0.05, 0) is 39.8 Å². The van der Waals surface area contributed by atoms with Crippen molar-refractivity contribution in [3.05, 3.63) is 70.8 Å². The molecule has 0 atom stereocenters. The van der Waals surface area contributed by atoms with E-state index in [-0.39, 0.29) is 40.5 Å². The van der Waals surface area contributed by atoms with Crippen molar-refractivity contribution in [3.63, 3.8) is 0 Å². The molecule has 2 rings (SSSR count). The summed E-state index contributed by atoms with van der Waals surface area (Å²) in [7, 11) is 0. The smallest absolute Gasteiger partial charge is 0.478 e. The van der Waals surface area contributed by atoms with Crippen molar-refractivity contribution < 1.29 is 57.6 Å². The lowest BCUT2D eigenvalue weighted by Gasteiger charge is -2.09. The van der Waals surface area contributed by atoms with Gasteiger partial charge in [0.05, 0.1) is 23.3 Å². The Hall–Kier alpha value is -4.45. The van der Waals surface area contributed by atoms with E-state index >= 15 is 0 Å². The number of benzene rings is 2. The van der Waals surface area contributed by atoms with Crippen LogP contribution in [0.15, 0.2) is 48.5 Å². The number of esters is 1. The summed E-state index contributed by atoms with van der Waals surface area (Å²) in [5.41, 5.74) is 0.568. The predicted octanol–water partition coefficient (Wildman–Crippen LogP) is 5.12. The zero-order valence-corrected chi connectivity index (χ0v) is 22.4. The van der Waals surface area contributed by atoms with Crippen LogP contribution in [0.3, 0.4) is 0 Å². The Morgan fingerprint density at radius 3 is 1.59 bits per heavy atom. The maximum absolute atomic E-state index is 11.6. The molecular formula is C26H29ClO12. The van der Waals surface area contributed by atoms with Crippen LogP contribution in [0.2, 0.25) is 0 Å². The van der Waals surface area contributed by atoms with Crippen LogP contribution >= 0.6 is 11.6 Å². The number of aldehydes is 2. The van der Waals surface area contributed by atoms with E-state index in [9.17, 15) is 28.8 Å². The first-order chi connectivity index (χ1) is 18.5. The van der Waals surface area contributed by atoms with Crippen LogP contribution in [0.4, 0.5) is 9.59 Å². The zero-order chi connectivity index (χ0) is 29.8. The molecule has 2 aromatic carbocycles. The highest BCUT2D eigenvalue weighted by Gasteiger charge is 2.13. The Morgan fingerprint density at radius 1 is 0.744 bits per heavy atom. The van der Waals surface area contributed by atoms with E-state index in [2.05, 4.69) is 18.9 Å². The summed E-state index contributed by atoms with van der Waals surface area (Å²) in [4.78, 5) is 64.4. The van der Waals surface area contributed by atoms with Gasteiger partial charge in [0, 0.05) is 11.1 Å². The van der Waals surface area contributed by atoms with Crippen molar-refractivity contribution in [2.75, 3.05) is 12.9 Å². The van der Waals surface area contributed by atoms with Crippen LogP contribution in [-0.2, 0) is 23.7 Å². The second kappa shape index (κ2) is 19.6. The largest absolute Gasteiger partial charge is 0.511 e. The van der Waals surface area contributed by atoms with Crippen LogP contribution < -0.4 is 0 Å². The van der Waals surface area contributed by atoms with E-state index in [1.165, 1.54) is 24.3 Å². The summed E-state index contributed by atoms with van der Waals surface area (Å²) < 4.78 is 22.7. The molecule has 0 amide bonds. The molecule has 0 bridgehead atoms. The Labute approximate surface area is 229 Å². The molecule has 1 N–H and O–H groups in total. The first kappa shape index (κ1) is 34.6. The fourth-order valence-electron chi connectivity index (χ4n) is 2.29. The summed E-state index contributed by atoms with van der Waals surface area (Å²) in [5, 5.41) is 8.54. The predicted molar refractivity (Wildman–Crippen MR) is 137 cm³/mol. The Balaban J connectivity index is 0.000000612. The lowest BCUT2D eigenvalue weighted by Crippen LogP contribution is -2.17. The van der Waals surface area contributed by atoms with Crippen molar-refractivity contribution in [2.45, 2.75) is 39.9 Å². The molecule has 13 heteroatoms. The number of ether oxygens (including phenoxy) is 5. The van der Waals surface area contributed by atoms with E-state index in [0.717, 1.165) is 0 Å². The van der Waals surface area contributed by atoms with Crippen molar-refractivity contribution >= 4 is 48.4 Å². The van der Waals surface area contributed by atoms with Gasteiger partial charge in [0.25, 0.3) is 0 Å². The minimum Gasteiger partial charge on any atom is -0.478 e. The molecule has 0 aliphatic heterocycles. The third-order valence-electron chi connectivity index (χ3n) is 3.83. The summed E-state index contributed by atoms with van der Waals surface area (Å²) in [6.45, 7) is 6.21. The van der Waals surface area contributed by atoms with E-state index in [4.69, 9.17) is 21.4 Å². The summed E-state index contributed by atoms with van der Waals surface area (Å²) in [5.74, 6) is -1.83. The van der Waals surface area contributed by atoms with Crippen LogP contribution in [0.5, 0.6) is 0 Å². The van der Waals surface area contributed by atoms with Gasteiger partial charge in [-0.2, -0.15) is 0 Å². The second-order valence-corrected chi connectivity index (χ2v) is 7.71. The summed E-state index contributed by atoms with van der Waals surface area (Å²) >= 11 is 5.06. The number of carboxylic acids is 1. The topological polar surface area (TPSA) is 169 Å². The summed E-state index contributed by atoms with van der Waals surface area (Å²) in [6.07, 6.45) is -1.04. The highest BCUT2D eigenvalue weighted by molar-refractivity contribution is 6.17. The normalized spacial score (nSPS) is 9.51. The van der Waals surface area contributed by atoms with Gasteiger partial charge >= 0.3 is 24.2 Å². The molecule has 0 aromatic heterocycles. The van der Waals surface area contributed by atoms with E-state index in [1.54, 1.807) is 52.0 Å². The number of hydrogen-bond acceptors (Lipinski definition) is 11. The number of halogens is 1. The molecule has 0 unspecified atom stereocenters. The SMILES string of the molecule is CC(C)OC(=O)OCCl.CC(C)OC(=O)OCOC(=O)c1ccccc1C=O.O=Cc1ccccc1C(=O)O. The molecule has 0 aliphatic rings. The number of alkyl halides is 1. The first-order valence-electron chi connectivity index (χ1n) is 11.2. The molecule has 0 saturated heterocycles. The van der Waals surface area contributed by atoms with Gasteiger partial charge in [0.1, 0.15) is 0 Å². The monoisotopic (exact) mass is 568 g/mol. The number of rotatable bonds is 9.